The topological polar surface area (TPSA) is 78.8 Å². The summed E-state index contributed by atoms with van der Waals surface area (Å²) in [5.41, 5.74) is 5.65. The number of aromatic nitrogens is 1. The number of amides is 1. The van der Waals surface area contributed by atoms with Crippen LogP contribution in [0.15, 0.2) is 115 Å². The number of anilines is 1. The third kappa shape index (κ3) is 8.87. The molecule has 0 bridgehead atoms. The van der Waals surface area contributed by atoms with Crippen LogP contribution in [0.4, 0.5) is 10.1 Å². The number of para-hydroxylation sites is 1. The number of ether oxygens (including phenoxy) is 3. The third-order valence-electron chi connectivity index (χ3n) is 9.01. The molecule has 52 heavy (non-hydrogen) atoms. The summed E-state index contributed by atoms with van der Waals surface area (Å²) in [5.74, 6) is -0.939. The molecule has 4 aromatic carbocycles. The SMILES string of the molecule is CC(C)c1c(C(=O)Nc2ccccc2)c(-c2ccccc2)c(-c2ccc(F)cc2)n1CCC1CC(CC(=O)OC(C)(C)C)OC(c2ccccc2)O1. The molecule has 0 radical (unpaired) electrons. The van der Waals surface area contributed by atoms with Gasteiger partial charge in [-0.25, -0.2) is 4.39 Å². The molecule has 0 saturated carbocycles. The molecule has 270 valence electrons. The van der Waals surface area contributed by atoms with Crippen LogP contribution in [0.3, 0.4) is 0 Å². The molecule has 5 aromatic rings. The van der Waals surface area contributed by atoms with Gasteiger partial charge in [0.15, 0.2) is 6.29 Å². The molecule has 1 aliphatic heterocycles. The number of carbonyl (C=O) groups is 2. The Kier molecular flexibility index (Phi) is 11.4. The van der Waals surface area contributed by atoms with E-state index in [-0.39, 0.29) is 36.1 Å². The van der Waals surface area contributed by atoms with Crippen molar-refractivity contribution in [3.05, 3.63) is 138 Å². The number of halogens is 1. The molecule has 2 heterocycles. The van der Waals surface area contributed by atoms with E-state index >= 15 is 0 Å². The van der Waals surface area contributed by atoms with Crippen molar-refractivity contribution in [1.82, 2.24) is 4.57 Å². The van der Waals surface area contributed by atoms with Crippen molar-refractivity contribution in [3.8, 4) is 22.4 Å². The smallest absolute Gasteiger partial charge is 0.308 e. The van der Waals surface area contributed by atoms with E-state index in [0.29, 0.717) is 30.6 Å². The lowest BCUT2D eigenvalue weighted by molar-refractivity contribution is -0.251. The van der Waals surface area contributed by atoms with Crippen LogP contribution in [0.2, 0.25) is 0 Å². The fourth-order valence-corrected chi connectivity index (χ4v) is 6.92. The minimum atomic E-state index is -0.662. The molecule has 1 saturated heterocycles. The number of carbonyl (C=O) groups excluding carboxylic acids is 2. The fourth-order valence-electron chi connectivity index (χ4n) is 6.92. The van der Waals surface area contributed by atoms with Gasteiger partial charge in [-0.05, 0) is 80.6 Å². The van der Waals surface area contributed by atoms with Crippen molar-refractivity contribution in [1.29, 1.82) is 0 Å². The molecule has 1 N–H and O–H groups in total. The van der Waals surface area contributed by atoms with Crippen LogP contribution in [-0.2, 0) is 25.5 Å². The largest absolute Gasteiger partial charge is 0.460 e. The number of nitrogens with one attached hydrogen (secondary N) is 1. The second kappa shape index (κ2) is 16.1. The maximum absolute atomic E-state index is 14.5. The summed E-state index contributed by atoms with van der Waals surface area (Å²) >= 11 is 0. The Bertz CT molecular complexity index is 1950. The van der Waals surface area contributed by atoms with Gasteiger partial charge in [-0.3, -0.25) is 9.59 Å². The van der Waals surface area contributed by atoms with Gasteiger partial charge in [0.25, 0.3) is 5.91 Å². The minimum Gasteiger partial charge on any atom is -0.460 e. The zero-order chi connectivity index (χ0) is 36.8. The van der Waals surface area contributed by atoms with E-state index in [9.17, 15) is 14.0 Å². The van der Waals surface area contributed by atoms with E-state index in [1.165, 1.54) is 12.1 Å². The van der Waals surface area contributed by atoms with E-state index in [4.69, 9.17) is 14.2 Å². The maximum atomic E-state index is 14.5. The molecule has 1 fully saturated rings. The van der Waals surface area contributed by atoms with Crippen LogP contribution in [0.25, 0.3) is 22.4 Å². The molecule has 1 aromatic heterocycles. The Hall–Kier alpha value is -5.05. The van der Waals surface area contributed by atoms with Crippen molar-refractivity contribution < 1.29 is 28.2 Å². The Morgan fingerprint density at radius 2 is 1.42 bits per heavy atom. The van der Waals surface area contributed by atoms with Gasteiger partial charge in [-0.1, -0.05) is 92.7 Å². The zero-order valence-electron chi connectivity index (χ0n) is 30.5. The molecular weight excluding hydrogens is 655 g/mol. The average molecular weight is 703 g/mol. The van der Waals surface area contributed by atoms with Crippen molar-refractivity contribution in [2.75, 3.05) is 5.32 Å². The van der Waals surface area contributed by atoms with Crippen LogP contribution in [0.1, 0.15) is 87.7 Å². The molecular formula is C44H47FN2O5. The third-order valence-corrected chi connectivity index (χ3v) is 9.01. The Morgan fingerprint density at radius 3 is 2.04 bits per heavy atom. The van der Waals surface area contributed by atoms with E-state index in [1.54, 1.807) is 12.1 Å². The monoisotopic (exact) mass is 702 g/mol. The predicted octanol–water partition coefficient (Wildman–Crippen LogP) is 10.3. The number of rotatable bonds is 11. The number of benzene rings is 4. The van der Waals surface area contributed by atoms with Gasteiger partial charge in [-0.2, -0.15) is 0 Å². The van der Waals surface area contributed by atoms with Gasteiger partial charge in [0.05, 0.1) is 29.9 Å². The number of esters is 1. The van der Waals surface area contributed by atoms with E-state index in [0.717, 1.165) is 33.6 Å². The molecule has 0 spiro atoms. The van der Waals surface area contributed by atoms with Crippen molar-refractivity contribution in [2.24, 2.45) is 0 Å². The summed E-state index contributed by atoms with van der Waals surface area (Å²) in [7, 11) is 0. The van der Waals surface area contributed by atoms with Crippen LogP contribution in [0, 0.1) is 5.82 Å². The summed E-state index contributed by atoms with van der Waals surface area (Å²) in [6.45, 7) is 10.2. The summed E-state index contributed by atoms with van der Waals surface area (Å²) in [6, 6.07) is 35.5. The lowest BCUT2D eigenvalue weighted by atomic mass is 9.94. The first-order chi connectivity index (χ1) is 25.0. The fraction of sp³-hybridized carbons (Fsp3) is 0.318. The van der Waals surface area contributed by atoms with Crippen LogP contribution >= 0.6 is 0 Å². The maximum Gasteiger partial charge on any atom is 0.308 e. The zero-order valence-corrected chi connectivity index (χ0v) is 30.5. The predicted molar refractivity (Wildman–Crippen MR) is 202 cm³/mol. The number of nitrogens with zero attached hydrogens (tertiary/aromatic N) is 1. The van der Waals surface area contributed by atoms with Crippen molar-refractivity contribution >= 4 is 17.6 Å². The standard InChI is InChI=1S/C44H47FN2O5/c1-29(2)40-39(42(49)46-34-19-13-8-14-20-34)38(30-15-9-6-10-16-30)41(31-21-23-33(45)24-22-31)47(40)26-25-35-27-36(28-37(48)52-44(3,4)5)51-43(50-35)32-17-11-7-12-18-32/h6-24,29,35-36,43H,25-28H2,1-5H3,(H,46,49). The Balaban J connectivity index is 1.43. The molecule has 8 heteroatoms. The number of hydrogen-bond acceptors (Lipinski definition) is 5. The first kappa shape index (κ1) is 36.7. The van der Waals surface area contributed by atoms with Crippen molar-refractivity contribution in [3.63, 3.8) is 0 Å². The molecule has 3 atom stereocenters. The molecule has 6 rings (SSSR count). The highest BCUT2D eigenvalue weighted by molar-refractivity contribution is 6.12. The first-order valence-electron chi connectivity index (χ1n) is 18.0. The Morgan fingerprint density at radius 1 is 0.827 bits per heavy atom. The second-order valence-electron chi connectivity index (χ2n) is 14.6. The van der Waals surface area contributed by atoms with Gasteiger partial charge in [0.1, 0.15) is 11.4 Å². The van der Waals surface area contributed by atoms with Crippen LogP contribution < -0.4 is 5.32 Å². The molecule has 7 nitrogen and oxygen atoms in total. The van der Waals surface area contributed by atoms with Crippen molar-refractivity contribution in [2.45, 2.75) is 90.4 Å². The highest BCUT2D eigenvalue weighted by atomic mass is 19.1. The van der Waals surface area contributed by atoms with Gasteiger partial charge < -0.3 is 24.1 Å². The van der Waals surface area contributed by atoms with Gasteiger partial charge in [0.2, 0.25) is 0 Å². The molecule has 1 amide bonds. The lowest BCUT2D eigenvalue weighted by Crippen LogP contribution is -2.37. The van der Waals surface area contributed by atoms with Crippen LogP contribution in [0.5, 0.6) is 0 Å². The normalized spacial score (nSPS) is 17.6. The molecule has 3 unspecified atom stereocenters. The minimum absolute atomic E-state index is 0.0548. The van der Waals surface area contributed by atoms with Gasteiger partial charge in [0, 0.05) is 35.5 Å². The summed E-state index contributed by atoms with van der Waals surface area (Å²) < 4.78 is 35.2. The quantitative estimate of drug-likeness (QED) is 0.139. The van der Waals surface area contributed by atoms with E-state index in [1.807, 2.05) is 112 Å². The first-order valence-corrected chi connectivity index (χ1v) is 18.0. The van der Waals surface area contributed by atoms with Crippen LogP contribution in [-0.4, -0.2) is 34.3 Å². The van der Waals surface area contributed by atoms with Gasteiger partial charge >= 0.3 is 5.97 Å². The second-order valence-corrected chi connectivity index (χ2v) is 14.6. The van der Waals surface area contributed by atoms with Gasteiger partial charge in [-0.15, -0.1) is 0 Å². The van der Waals surface area contributed by atoms with E-state index < -0.39 is 18.0 Å². The highest BCUT2D eigenvalue weighted by Gasteiger charge is 2.35. The average Bonchev–Trinajstić information content (AvgIpc) is 3.47. The molecule has 0 aliphatic carbocycles. The summed E-state index contributed by atoms with van der Waals surface area (Å²) in [6.07, 6.45) is -0.212. The summed E-state index contributed by atoms with van der Waals surface area (Å²) in [4.78, 5) is 27.4. The summed E-state index contributed by atoms with van der Waals surface area (Å²) in [5, 5.41) is 3.14. The van der Waals surface area contributed by atoms with E-state index in [2.05, 4.69) is 23.7 Å². The lowest BCUT2D eigenvalue weighted by Gasteiger charge is -2.36. The Labute approximate surface area is 305 Å². The molecule has 1 aliphatic rings. The highest BCUT2D eigenvalue weighted by Crippen LogP contribution is 2.43. The number of hydrogen-bond donors (Lipinski definition) is 1.